The number of carbonyl (C=O) groups is 2. The van der Waals surface area contributed by atoms with Gasteiger partial charge in [0.1, 0.15) is 12.7 Å². The van der Waals surface area contributed by atoms with Crippen molar-refractivity contribution in [3.8, 4) is 0 Å². The highest BCUT2D eigenvalue weighted by Gasteiger charge is 2.23. The molecule has 0 spiro atoms. The van der Waals surface area contributed by atoms with E-state index in [1.807, 2.05) is 0 Å². The second-order valence-electron chi connectivity index (χ2n) is 10.4. The van der Waals surface area contributed by atoms with Crippen LogP contribution in [0.5, 0.6) is 0 Å². The Labute approximate surface area is 237 Å². The fourth-order valence-electron chi connectivity index (χ4n) is 4.14. The zero-order valence-corrected chi connectivity index (χ0v) is 25.7. The Hall–Kier alpha value is -0.990. The normalized spacial score (nSPS) is 13.6. The topological polar surface area (TPSA) is 131 Å². The first-order chi connectivity index (χ1) is 18.8. The molecule has 0 aliphatic heterocycles. The molecule has 0 radical (unpaired) electrons. The third-order valence-corrected chi connectivity index (χ3v) is 7.52. The summed E-state index contributed by atoms with van der Waals surface area (Å²) >= 11 is 0. The van der Waals surface area contributed by atoms with Gasteiger partial charge in [-0.05, 0) is 12.8 Å². The van der Waals surface area contributed by atoms with Gasteiger partial charge in [-0.3, -0.25) is 18.6 Å². The molecular weight excluding hydrogens is 521 g/mol. The van der Waals surface area contributed by atoms with Crippen molar-refractivity contribution in [1.82, 2.24) is 5.32 Å². The van der Waals surface area contributed by atoms with Crippen molar-refractivity contribution in [3.63, 3.8) is 0 Å². The van der Waals surface area contributed by atoms with Crippen molar-refractivity contribution in [3.05, 3.63) is 0 Å². The minimum Gasteiger partial charge on any atom is -0.463 e. The summed E-state index contributed by atoms with van der Waals surface area (Å²) in [5.74, 6) is -0.521. The van der Waals surface area contributed by atoms with Gasteiger partial charge < -0.3 is 20.1 Å². The summed E-state index contributed by atoms with van der Waals surface area (Å²) in [6.45, 7) is 3.47. The van der Waals surface area contributed by atoms with E-state index < -0.39 is 26.5 Å². The number of rotatable bonds is 29. The van der Waals surface area contributed by atoms with Gasteiger partial charge in [-0.15, -0.1) is 0 Å². The molecule has 232 valence electrons. The maximum absolute atomic E-state index is 11.9. The van der Waals surface area contributed by atoms with Crippen LogP contribution in [0.15, 0.2) is 0 Å². The minimum atomic E-state index is -4.39. The second kappa shape index (κ2) is 27.2. The number of amides is 1. The number of phosphoric acid groups is 1. The Balaban J connectivity index is 3.65. The van der Waals surface area contributed by atoms with E-state index >= 15 is 0 Å². The average molecular weight is 580 g/mol. The summed E-state index contributed by atoms with van der Waals surface area (Å²) in [6.07, 6.45) is 20.5. The highest BCUT2D eigenvalue weighted by atomic mass is 31.2. The number of phosphoric ester groups is 1. The molecule has 2 unspecified atom stereocenters. The molecule has 0 saturated carbocycles. The van der Waals surface area contributed by atoms with E-state index in [9.17, 15) is 24.2 Å². The van der Waals surface area contributed by atoms with Crippen molar-refractivity contribution in [2.24, 2.45) is 0 Å². The van der Waals surface area contributed by atoms with E-state index in [0.29, 0.717) is 6.42 Å². The molecule has 10 heteroatoms. The van der Waals surface area contributed by atoms with Crippen LogP contribution in [0.2, 0.25) is 0 Å². The number of carbonyl (C=O) groups excluding carboxylic acids is 2. The maximum Gasteiger partial charge on any atom is 0.472 e. The number of hydrogen-bond acceptors (Lipinski definition) is 7. The molecule has 0 aliphatic carbocycles. The molecule has 39 heavy (non-hydrogen) atoms. The number of ether oxygens (including phenoxy) is 1. The Morgan fingerprint density at radius 1 is 0.692 bits per heavy atom. The molecule has 2 atom stereocenters. The van der Waals surface area contributed by atoms with Crippen LogP contribution in [0.25, 0.3) is 0 Å². The first kappa shape index (κ1) is 38.0. The van der Waals surface area contributed by atoms with Crippen LogP contribution < -0.4 is 5.32 Å². The van der Waals surface area contributed by atoms with Crippen LogP contribution in [0.3, 0.4) is 0 Å². The third kappa shape index (κ3) is 28.3. The fourth-order valence-corrected chi connectivity index (χ4v) is 4.90. The van der Waals surface area contributed by atoms with Crippen molar-refractivity contribution < 1.29 is 37.9 Å². The van der Waals surface area contributed by atoms with Crippen LogP contribution in [-0.4, -0.2) is 54.3 Å². The summed E-state index contributed by atoms with van der Waals surface area (Å²) in [6, 6.07) is 0. The first-order valence-corrected chi connectivity index (χ1v) is 17.0. The zero-order chi connectivity index (χ0) is 29.0. The lowest BCUT2D eigenvalue weighted by Crippen LogP contribution is -2.27. The number of aliphatic hydroxyl groups excluding tert-OH is 1. The summed E-state index contributed by atoms with van der Waals surface area (Å²) < 4.78 is 26.5. The molecule has 3 N–H and O–H groups in total. The van der Waals surface area contributed by atoms with Gasteiger partial charge in [0.25, 0.3) is 0 Å². The third-order valence-electron chi connectivity index (χ3n) is 6.54. The lowest BCUT2D eigenvalue weighted by Gasteiger charge is -2.15. The van der Waals surface area contributed by atoms with Crippen LogP contribution in [0.4, 0.5) is 0 Å². The highest BCUT2D eigenvalue weighted by molar-refractivity contribution is 7.47. The predicted octanol–water partition coefficient (Wildman–Crippen LogP) is 6.98. The van der Waals surface area contributed by atoms with E-state index in [1.165, 1.54) is 77.0 Å². The van der Waals surface area contributed by atoms with Crippen LogP contribution in [0, 0.1) is 0 Å². The zero-order valence-electron chi connectivity index (χ0n) is 24.8. The van der Waals surface area contributed by atoms with Gasteiger partial charge in [0.05, 0.1) is 13.2 Å². The fraction of sp³-hybridized carbons (Fsp3) is 0.931. The van der Waals surface area contributed by atoms with E-state index in [1.54, 1.807) is 0 Å². The molecule has 9 nitrogen and oxygen atoms in total. The number of unbranched alkanes of at least 4 members (excludes halogenated alkanes) is 16. The standard InChI is InChI=1S/C29H58NO8P/c1-3-5-7-9-11-12-13-14-16-17-19-21-28(32)30-23-24-37-39(34,35)38-26-27(31)25-36-29(33)22-20-18-15-10-8-6-4-2/h27,31H,3-26H2,1-2H3,(H,30,32)(H,34,35). The molecule has 0 aromatic carbocycles. The maximum atomic E-state index is 11.9. The summed E-state index contributed by atoms with van der Waals surface area (Å²) in [4.78, 5) is 33.4. The molecule has 0 aromatic rings. The number of esters is 1. The Bertz CT molecular complexity index is 634. The molecule has 0 aromatic heterocycles. The average Bonchev–Trinajstić information content (AvgIpc) is 2.91. The van der Waals surface area contributed by atoms with Gasteiger partial charge in [-0.2, -0.15) is 0 Å². The quantitative estimate of drug-likeness (QED) is 0.0491. The number of nitrogens with one attached hydrogen (secondary N) is 1. The van der Waals surface area contributed by atoms with Gasteiger partial charge in [-0.25, -0.2) is 4.57 Å². The molecule has 0 fully saturated rings. The van der Waals surface area contributed by atoms with Gasteiger partial charge in [0, 0.05) is 19.4 Å². The Morgan fingerprint density at radius 2 is 1.15 bits per heavy atom. The minimum absolute atomic E-state index is 0.0869. The summed E-state index contributed by atoms with van der Waals surface area (Å²) in [5.41, 5.74) is 0. The van der Waals surface area contributed by atoms with E-state index in [2.05, 4.69) is 19.2 Å². The monoisotopic (exact) mass is 579 g/mol. The molecule has 0 bridgehead atoms. The Kier molecular flexibility index (Phi) is 26.5. The summed E-state index contributed by atoms with van der Waals surface area (Å²) in [5, 5.41) is 12.5. The number of aliphatic hydroxyl groups is 1. The van der Waals surface area contributed by atoms with Gasteiger partial charge in [0.2, 0.25) is 5.91 Å². The molecule has 0 heterocycles. The van der Waals surface area contributed by atoms with Crippen molar-refractivity contribution in [2.45, 2.75) is 148 Å². The van der Waals surface area contributed by atoms with E-state index in [4.69, 9.17) is 13.8 Å². The molecule has 0 rings (SSSR count). The second-order valence-corrected chi connectivity index (χ2v) is 11.9. The van der Waals surface area contributed by atoms with Crippen molar-refractivity contribution in [1.29, 1.82) is 0 Å². The van der Waals surface area contributed by atoms with Crippen molar-refractivity contribution >= 4 is 19.7 Å². The molecule has 0 aliphatic rings. The van der Waals surface area contributed by atoms with E-state index in [-0.39, 0.29) is 32.1 Å². The predicted molar refractivity (Wildman–Crippen MR) is 155 cm³/mol. The van der Waals surface area contributed by atoms with Gasteiger partial charge in [0.15, 0.2) is 0 Å². The van der Waals surface area contributed by atoms with Crippen LogP contribution in [0.1, 0.15) is 142 Å². The van der Waals surface area contributed by atoms with Crippen molar-refractivity contribution in [2.75, 3.05) is 26.4 Å². The largest absolute Gasteiger partial charge is 0.472 e. The molecular formula is C29H58NO8P. The number of hydrogen-bond donors (Lipinski definition) is 3. The van der Waals surface area contributed by atoms with Gasteiger partial charge in [-0.1, -0.05) is 117 Å². The lowest BCUT2D eigenvalue weighted by molar-refractivity contribution is -0.147. The SMILES string of the molecule is CCCCCCCCCCCCCC(=O)NCCOP(=O)(O)OCC(O)COC(=O)CCCCCCCCC. The van der Waals surface area contributed by atoms with Crippen LogP contribution in [-0.2, 0) is 27.9 Å². The Morgan fingerprint density at radius 3 is 1.67 bits per heavy atom. The van der Waals surface area contributed by atoms with E-state index in [0.717, 1.165) is 38.5 Å². The van der Waals surface area contributed by atoms with Gasteiger partial charge >= 0.3 is 13.8 Å². The first-order valence-electron chi connectivity index (χ1n) is 15.5. The highest BCUT2D eigenvalue weighted by Crippen LogP contribution is 2.42. The lowest BCUT2D eigenvalue weighted by atomic mass is 10.1. The van der Waals surface area contributed by atoms with Crippen LogP contribution >= 0.6 is 7.82 Å². The molecule has 1 amide bonds. The summed E-state index contributed by atoms with van der Waals surface area (Å²) in [7, 11) is -4.39. The smallest absolute Gasteiger partial charge is 0.463 e. The molecule has 0 saturated heterocycles.